The number of aliphatic hydroxyl groups is 2. The molecule has 0 saturated heterocycles. The van der Waals surface area contributed by atoms with E-state index in [1.807, 2.05) is 0 Å². The molecule has 0 bridgehead atoms. The van der Waals surface area contributed by atoms with Crippen molar-refractivity contribution in [3.8, 4) is 0 Å². The first-order valence-corrected chi connectivity index (χ1v) is 4.31. The fourth-order valence-corrected chi connectivity index (χ4v) is 0. The standard InChI is InChI=1S/2C2H7NOS.2CO.Fe/c2*3-2(4)1-5;2*1-2;/h2*2,4-5H,1,3H2;;;. The summed E-state index contributed by atoms with van der Waals surface area (Å²) in [5.74, 6) is 0.667. The normalized spacial score (nSPS) is 10.3. The van der Waals surface area contributed by atoms with Gasteiger partial charge in [-0.25, -0.2) is 0 Å². The van der Waals surface area contributed by atoms with Gasteiger partial charge in [0.25, 0.3) is 0 Å². The molecule has 0 aromatic carbocycles. The van der Waals surface area contributed by atoms with Crippen molar-refractivity contribution in [3.05, 3.63) is 13.3 Å². The third kappa shape index (κ3) is 111. The minimum atomic E-state index is -0.752. The first-order valence-electron chi connectivity index (χ1n) is 3.04. The Morgan fingerprint density at radius 3 is 1.00 bits per heavy atom. The second-order valence-corrected chi connectivity index (χ2v) is 2.23. The molecule has 6 nitrogen and oxygen atoms in total. The Morgan fingerprint density at radius 1 is 0.933 bits per heavy atom. The van der Waals surface area contributed by atoms with Crippen molar-refractivity contribution in [2.75, 3.05) is 11.5 Å². The number of hydrogen-bond acceptors (Lipinski definition) is 6. The van der Waals surface area contributed by atoms with Crippen LogP contribution in [0.1, 0.15) is 0 Å². The molecular formula is C6H14FeN2O4S2. The summed E-state index contributed by atoms with van der Waals surface area (Å²) in [5, 5.41) is 16.1. The predicted octanol–water partition coefficient (Wildman–Crippen LogP) is -1.69. The van der Waals surface area contributed by atoms with Crippen LogP contribution < -0.4 is 11.5 Å². The Labute approximate surface area is 111 Å². The molecule has 9 heteroatoms. The van der Waals surface area contributed by atoms with Gasteiger partial charge < -0.3 is 21.7 Å². The molecular weight excluding hydrogens is 284 g/mol. The van der Waals surface area contributed by atoms with Crippen molar-refractivity contribution in [3.63, 3.8) is 0 Å². The van der Waals surface area contributed by atoms with Crippen molar-refractivity contribution in [1.29, 1.82) is 0 Å². The quantitative estimate of drug-likeness (QED) is 0.119. The molecule has 92 valence electrons. The predicted molar refractivity (Wildman–Crippen MR) is 56.0 cm³/mol. The largest absolute Gasteiger partial charge is 0 e. The van der Waals surface area contributed by atoms with E-state index in [-0.39, 0.29) is 17.1 Å². The molecule has 0 aromatic rings. The summed E-state index contributed by atoms with van der Waals surface area (Å²) in [6, 6.07) is 0. The van der Waals surface area contributed by atoms with Gasteiger partial charge in [-0.3, -0.25) is 0 Å². The average Bonchev–Trinajstić information content (AvgIpc) is 2.24. The third-order valence-electron chi connectivity index (χ3n) is 0.374. The van der Waals surface area contributed by atoms with Crippen LogP contribution in [0, 0.1) is 13.3 Å². The third-order valence-corrected chi connectivity index (χ3v) is 1.12. The maximum Gasteiger partial charge on any atom is 0 e. The molecule has 0 heterocycles. The van der Waals surface area contributed by atoms with E-state index in [1.54, 1.807) is 0 Å². The van der Waals surface area contributed by atoms with Gasteiger partial charge in [0.2, 0.25) is 0 Å². The van der Waals surface area contributed by atoms with Crippen LogP contribution in [0.15, 0.2) is 0 Å². The Hall–Kier alpha value is 0.539. The van der Waals surface area contributed by atoms with Crippen molar-refractivity contribution in [2.45, 2.75) is 12.5 Å². The van der Waals surface area contributed by atoms with E-state index in [4.69, 9.17) is 31.0 Å². The van der Waals surface area contributed by atoms with E-state index in [0.717, 1.165) is 0 Å². The van der Waals surface area contributed by atoms with Crippen molar-refractivity contribution in [2.24, 2.45) is 11.5 Å². The average molecular weight is 298 g/mol. The van der Waals surface area contributed by atoms with Crippen LogP contribution in [0.25, 0.3) is 0 Å². The minimum absolute atomic E-state index is 0. The number of hydrogen-bond donors (Lipinski definition) is 6. The maximum absolute atomic E-state index is 8.06. The number of aliphatic hydroxyl groups excluding tert-OH is 2. The zero-order valence-electron chi connectivity index (χ0n) is 7.68. The van der Waals surface area contributed by atoms with Gasteiger partial charge in [-0.2, -0.15) is 25.3 Å². The van der Waals surface area contributed by atoms with Crippen LogP contribution >= 0.6 is 25.3 Å². The topological polar surface area (TPSA) is 132 Å². The summed E-state index contributed by atoms with van der Waals surface area (Å²) < 4.78 is 15.0. The van der Waals surface area contributed by atoms with Crippen molar-refractivity contribution in [1.82, 2.24) is 0 Å². The molecule has 0 aliphatic carbocycles. The Kier molecular flexibility index (Phi) is 72.1. The Balaban J connectivity index is -0.0000000318. The molecule has 0 radical (unpaired) electrons. The van der Waals surface area contributed by atoms with Crippen LogP contribution in [0.2, 0.25) is 0 Å². The summed E-state index contributed by atoms with van der Waals surface area (Å²) in [4.78, 5) is 0. The van der Waals surface area contributed by atoms with Crippen LogP contribution in [0.4, 0.5) is 0 Å². The van der Waals surface area contributed by atoms with E-state index in [1.165, 1.54) is 0 Å². The fraction of sp³-hybridized carbons (Fsp3) is 0.667. The molecule has 0 rings (SSSR count). The summed E-state index contributed by atoms with van der Waals surface area (Å²) in [6.07, 6.45) is -1.50. The second kappa shape index (κ2) is 36.6. The Morgan fingerprint density at radius 2 is 1.00 bits per heavy atom. The van der Waals surface area contributed by atoms with Gasteiger partial charge in [0.1, 0.15) is 12.5 Å². The number of rotatable bonds is 2. The van der Waals surface area contributed by atoms with Gasteiger partial charge >= 0.3 is 22.6 Å². The summed E-state index contributed by atoms with van der Waals surface area (Å²) in [7, 11) is 0. The minimum Gasteiger partial charge on any atom is 0 e. The molecule has 15 heavy (non-hydrogen) atoms. The van der Waals surface area contributed by atoms with Gasteiger partial charge in [-0.05, 0) is 0 Å². The zero-order valence-corrected chi connectivity index (χ0v) is 10.6. The first kappa shape index (κ1) is 29.6. The van der Waals surface area contributed by atoms with Gasteiger partial charge in [0.15, 0.2) is 0 Å². The monoisotopic (exact) mass is 298 g/mol. The molecule has 0 spiro atoms. The van der Waals surface area contributed by atoms with Crippen LogP contribution in [-0.4, -0.2) is 34.2 Å². The molecule has 6 N–H and O–H groups in total. The van der Waals surface area contributed by atoms with E-state index in [0.29, 0.717) is 11.5 Å². The maximum atomic E-state index is 8.06. The molecule has 0 saturated carbocycles. The molecule has 0 aromatic heterocycles. The number of nitrogens with two attached hydrogens (primary N) is 2. The molecule has 0 fully saturated rings. The summed E-state index contributed by atoms with van der Waals surface area (Å²) >= 11 is 7.28. The zero-order chi connectivity index (χ0) is 12.6. The molecule has 0 amide bonds. The SMILES string of the molecule is NC(O)CS.NC(O)CS.[C-]#[O+].[C-]#[O+].[Fe]. The van der Waals surface area contributed by atoms with Crippen LogP contribution in [0.3, 0.4) is 0 Å². The molecule has 0 aliphatic rings. The molecule has 2 unspecified atom stereocenters. The van der Waals surface area contributed by atoms with Crippen molar-refractivity contribution >= 4 is 25.3 Å². The number of thiol groups is 2. The van der Waals surface area contributed by atoms with Crippen LogP contribution in [0.5, 0.6) is 0 Å². The van der Waals surface area contributed by atoms with Gasteiger partial charge in [0.05, 0.1) is 0 Å². The van der Waals surface area contributed by atoms with E-state index < -0.39 is 12.5 Å². The van der Waals surface area contributed by atoms with E-state index in [9.17, 15) is 0 Å². The summed E-state index contributed by atoms with van der Waals surface area (Å²) in [5.41, 5.74) is 9.54. The van der Waals surface area contributed by atoms with Gasteiger partial charge in [-0.1, -0.05) is 0 Å². The summed E-state index contributed by atoms with van der Waals surface area (Å²) in [6.45, 7) is 9.00. The van der Waals surface area contributed by atoms with Crippen molar-refractivity contribution < 1.29 is 36.6 Å². The van der Waals surface area contributed by atoms with Crippen LogP contribution in [-0.2, 0) is 26.4 Å². The first-order chi connectivity index (χ1) is 6.54. The fourth-order valence-electron chi connectivity index (χ4n) is 0. The smallest absolute Gasteiger partial charge is 0 e. The van der Waals surface area contributed by atoms with Gasteiger partial charge in [-0.15, -0.1) is 0 Å². The van der Waals surface area contributed by atoms with E-state index in [2.05, 4.69) is 38.6 Å². The second-order valence-electron chi connectivity index (χ2n) is 1.50. The Bertz CT molecular complexity index is 110. The van der Waals surface area contributed by atoms with E-state index >= 15 is 0 Å². The molecule has 2 atom stereocenters. The molecule has 0 aliphatic heterocycles. The van der Waals surface area contributed by atoms with Gasteiger partial charge in [0, 0.05) is 28.6 Å².